The SMILES string of the molecule is COc1cc(OC)c(OC)cc1/C=C/C(=O)OCC(=O)N1CCC[C@H](C)C1. The third-order valence-electron chi connectivity index (χ3n) is 4.48. The Kier molecular flexibility index (Phi) is 7.52. The molecule has 0 aliphatic carbocycles. The Morgan fingerprint density at radius 2 is 1.78 bits per heavy atom. The standard InChI is InChI=1S/C20H27NO6/c1-14-6-5-9-21(12-14)19(22)13-27-20(23)8-7-15-10-17(25-3)18(26-4)11-16(15)24-2/h7-8,10-11,14H,5-6,9,12-13H2,1-4H3/b8-7+/t14-/m0/s1. The number of likely N-dealkylation sites (tertiary alicyclic amines) is 1. The molecule has 27 heavy (non-hydrogen) atoms. The van der Waals surface area contributed by atoms with Gasteiger partial charge in [0.1, 0.15) is 5.75 Å². The average Bonchev–Trinajstić information content (AvgIpc) is 2.69. The smallest absolute Gasteiger partial charge is 0.331 e. The molecule has 1 fully saturated rings. The fourth-order valence-corrected chi connectivity index (χ4v) is 3.03. The van der Waals surface area contributed by atoms with Crippen LogP contribution in [0.3, 0.4) is 0 Å². The minimum atomic E-state index is -0.592. The summed E-state index contributed by atoms with van der Waals surface area (Å²) in [4.78, 5) is 25.9. The summed E-state index contributed by atoms with van der Waals surface area (Å²) in [5.74, 6) is 1.29. The van der Waals surface area contributed by atoms with Crippen LogP contribution in [0.15, 0.2) is 18.2 Å². The summed E-state index contributed by atoms with van der Waals surface area (Å²) >= 11 is 0. The number of nitrogens with zero attached hydrogens (tertiary/aromatic N) is 1. The van der Waals surface area contributed by atoms with Crippen LogP contribution in [0.1, 0.15) is 25.3 Å². The van der Waals surface area contributed by atoms with Gasteiger partial charge in [0, 0.05) is 30.8 Å². The van der Waals surface area contributed by atoms with Crippen molar-refractivity contribution < 1.29 is 28.5 Å². The summed E-state index contributed by atoms with van der Waals surface area (Å²) in [6.07, 6.45) is 4.92. The highest BCUT2D eigenvalue weighted by Gasteiger charge is 2.21. The van der Waals surface area contributed by atoms with Gasteiger partial charge < -0.3 is 23.8 Å². The Morgan fingerprint density at radius 3 is 2.41 bits per heavy atom. The molecule has 7 nitrogen and oxygen atoms in total. The lowest BCUT2D eigenvalue weighted by atomic mass is 10.0. The van der Waals surface area contributed by atoms with Gasteiger partial charge >= 0.3 is 5.97 Å². The first-order valence-electron chi connectivity index (χ1n) is 8.91. The van der Waals surface area contributed by atoms with E-state index < -0.39 is 5.97 Å². The molecular weight excluding hydrogens is 350 g/mol. The van der Waals surface area contributed by atoms with Gasteiger partial charge in [0.25, 0.3) is 5.91 Å². The molecule has 1 saturated heterocycles. The molecule has 0 saturated carbocycles. The molecule has 0 radical (unpaired) electrons. The third kappa shape index (κ3) is 5.64. The van der Waals surface area contributed by atoms with E-state index in [1.807, 2.05) is 0 Å². The van der Waals surface area contributed by atoms with Crippen LogP contribution in [0.25, 0.3) is 6.08 Å². The van der Waals surface area contributed by atoms with Crippen LogP contribution < -0.4 is 14.2 Å². The van der Waals surface area contributed by atoms with Crippen molar-refractivity contribution in [3.8, 4) is 17.2 Å². The Hall–Kier alpha value is -2.70. The van der Waals surface area contributed by atoms with Crippen LogP contribution in [-0.4, -0.2) is 57.8 Å². The molecule has 0 unspecified atom stereocenters. The first-order chi connectivity index (χ1) is 13.0. The maximum Gasteiger partial charge on any atom is 0.331 e. The number of methoxy groups -OCH3 is 3. The first-order valence-corrected chi connectivity index (χ1v) is 8.91. The lowest BCUT2D eigenvalue weighted by Gasteiger charge is -2.30. The topological polar surface area (TPSA) is 74.3 Å². The fraction of sp³-hybridized carbons (Fsp3) is 0.500. The van der Waals surface area contributed by atoms with Gasteiger partial charge in [-0.15, -0.1) is 0 Å². The lowest BCUT2D eigenvalue weighted by molar-refractivity contribution is -0.149. The molecule has 0 aromatic heterocycles. The van der Waals surface area contributed by atoms with Crippen molar-refractivity contribution in [3.63, 3.8) is 0 Å². The molecule has 0 bridgehead atoms. The predicted molar refractivity (Wildman–Crippen MR) is 101 cm³/mol. The van der Waals surface area contributed by atoms with Crippen molar-refractivity contribution in [1.82, 2.24) is 4.90 Å². The molecule has 1 aromatic carbocycles. The number of benzene rings is 1. The summed E-state index contributed by atoms with van der Waals surface area (Å²) in [5, 5.41) is 0. The van der Waals surface area contributed by atoms with Crippen LogP contribution in [0, 0.1) is 5.92 Å². The van der Waals surface area contributed by atoms with E-state index in [0.717, 1.165) is 25.9 Å². The largest absolute Gasteiger partial charge is 0.496 e. The van der Waals surface area contributed by atoms with Gasteiger partial charge in [0.15, 0.2) is 18.1 Å². The van der Waals surface area contributed by atoms with E-state index in [2.05, 4.69) is 6.92 Å². The summed E-state index contributed by atoms with van der Waals surface area (Å²) in [6, 6.07) is 3.37. The number of carbonyl (C=O) groups is 2. The molecular formula is C20H27NO6. The second-order valence-electron chi connectivity index (χ2n) is 6.48. The number of amides is 1. The highest BCUT2D eigenvalue weighted by Crippen LogP contribution is 2.35. The Balaban J connectivity index is 1.96. The molecule has 1 aromatic rings. The van der Waals surface area contributed by atoms with Crippen molar-refractivity contribution in [1.29, 1.82) is 0 Å². The number of hydrogen-bond acceptors (Lipinski definition) is 6. The van der Waals surface area contributed by atoms with E-state index >= 15 is 0 Å². The van der Waals surface area contributed by atoms with Crippen molar-refractivity contribution >= 4 is 18.0 Å². The number of piperidine rings is 1. The van der Waals surface area contributed by atoms with E-state index in [9.17, 15) is 9.59 Å². The predicted octanol–water partition coefficient (Wildman–Crippen LogP) is 2.53. The summed E-state index contributed by atoms with van der Waals surface area (Å²) in [6.45, 7) is 3.30. The number of rotatable bonds is 7. The molecule has 1 atom stereocenters. The van der Waals surface area contributed by atoms with Gasteiger partial charge in [0.2, 0.25) is 0 Å². The van der Waals surface area contributed by atoms with Gasteiger partial charge in [-0.2, -0.15) is 0 Å². The van der Waals surface area contributed by atoms with E-state index in [4.69, 9.17) is 18.9 Å². The molecule has 148 valence electrons. The van der Waals surface area contributed by atoms with Crippen LogP contribution in [0.2, 0.25) is 0 Å². The van der Waals surface area contributed by atoms with Gasteiger partial charge in [-0.3, -0.25) is 4.79 Å². The quantitative estimate of drug-likeness (QED) is 0.537. The summed E-state index contributed by atoms with van der Waals surface area (Å²) < 4.78 is 20.9. The van der Waals surface area contributed by atoms with E-state index in [1.54, 1.807) is 23.1 Å². The zero-order chi connectivity index (χ0) is 19.8. The van der Waals surface area contributed by atoms with Crippen LogP contribution in [-0.2, 0) is 14.3 Å². The van der Waals surface area contributed by atoms with Gasteiger partial charge in [-0.1, -0.05) is 6.92 Å². The average molecular weight is 377 g/mol. The molecule has 0 N–H and O–H groups in total. The fourth-order valence-electron chi connectivity index (χ4n) is 3.03. The number of carbonyl (C=O) groups excluding carboxylic acids is 2. The molecule has 1 heterocycles. The Morgan fingerprint density at radius 1 is 1.11 bits per heavy atom. The minimum absolute atomic E-state index is 0.160. The third-order valence-corrected chi connectivity index (χ3v) is 4.48. The normalized spacial score (nSPS) is 16.9. The minimum Gasteiger partial charge on any atom is -0.496 e. The number of ether oxygens (including phenoxy) is 4. The Labute approximate surface area is 159 Å². The molecule has 1 amide bonds. The zero-order valence-electron chi connectivity index (χ0n) is 16.3. The van der Waals surface area contributed by atoms with Crippen molar-refractivity contribution in [2.45, 2.75) is 19.8 Å². The van der Waals surface area contributed by atoms with Crippen molar-refractivity contribution in [3.05, 3.63) is 23.8 Å². The van der Waals surface area contributed by atoms with Gasteiger partial charge in [-0.05, 0) is 30.9 Å². The van der Waals surface area contributed by atoms with Crippen LogP contribution in [0.4, 0.5) is 0 Å². The zero-order valence-corrected chi connectivity index (χ0v) is 16.3. The van der Waals surface area contributed by atoms with Crippen LogP contribution >= 0.6 is 0 Å². The van der Waals surface area contributed by atoms with Crippen molar-refractivity contribution in [2.75, 3.05) is 41.0 Å². The first kappa shape index (κ1) is 20.6. The van der Waals surface area contributed by atoms with E-state index in [1.165, 1.54) is 27.4 Å². The molecule has 0 spiro atoms. The summed E-state index contributed by atoms with van der Waals surface area (Å²) in [5.41, 5.74) is 0.628. The maximum absolute atomic E-state index is 12.2. The molecule has 2 rings (SSSR count). The van der Waals surface area contributed by atoms with Gasteiger partial charge in [-0.25, -0.2) is 4.79 Å². The van der Waals surface area contributed by atoms with Gasteiger partial charge in [0.05, 0.1) is 21.3 Å². The molecule has 7 heteroatoms. The molecule has 1 aliphatic rings. The molecule has 1 aliphatic heterocycles. The number of hydrogen-bond donors (Lipinski definition) is 0. The number of esters is 1. The summed E-state index contributed by atoms with van der Waals surface area (Å²) in [7, 11) is 4.58. The Bertz CT molecular complexity index is 700. The highest BCUT2D eigenvalue weighted by molar-refractivity contribution is 5.90. The van der Waals surface area contributed by atoms with E-state index in [-0.39, 0.29) is 12.5 Å². The van der Waals surface area contributed by atoms with Crippen molar-refractivity contribution in [2.24, 2.45) is 5.92 Å². The monoisotopic (exact) mass is 377 g/mol. The second kappa shape index (κ2) is 9.85. The second-order valence-corrected chi connectivity index (χ2v) is 6.48. The highest BCUT2D eigenvalue weighted by atomic mass is 16.5. The lowest BCUT2D eigenvalue weighted by Crippen LogP contribution is -2.41. The maximum atomic E-state index is 12.2. The van der Waals surface area contributed by atoms with E-state index in [0.29, 0.717) is 28.7 Å². The van der Waals surface area contributed by atoms with Crippen LogP contribution in [0.5, 0.6) is 17.2 Å².